The molecule has 0 aromatic heterocycles. The highest BCUT2D eigenvalue weighted by Gasteiger charge is 2.46. The Morgan fingerprint density at radius 3 is 2.62 bits per heavy atom. The number of thiocarbonyl (C=S) groups is 1. The maximum Gasteiger partial charge on any atom is 0.417 e. The average Bonchev–Trinajstić information content (AvgIpc) is 2.99. The lowest BCUT2D eigenvalue weighted by Gasteiger charge is -2.30. The van der Waals surface area contributed by atoms with Crippen LogP contribution >= 0.6 is 12.2 Å². The molecule has 32 heavy (non-hydrogen) atoms. The summed E-state index contributed by atoms with van der Waals surface area (Å²) in [7, 11) is 0. The van der Waals surface area contributed by atoms with E-state index in [0.29, 0.717) is 25.5 Å². The molecule has 1 atom stereocenters. The van der Waals surface area contributed by atoms with E-state index in [1.54, 1.807) is 11.0 Å². The Labute approximate surface area is 189 Å². The highest BCUT2D eigenvalue weighted by molar-refractivity contribution is 7.80. The van der Waals surface area contributed by atoms with Crippen LogP contribution in [0.5, 0.6) is 5.75 Å². The number of halogens is 3. The molecule has 9 heteroatoms. The van der Waals surface area contributed by atoms with Crippen LogP contribution in [0.3, 0.4) is 0 Å². The molecular formula is C23H20F3N3O2S. The van der Waals surface area contributed by atoms with E-state index in [9.17, 15) is 18.0 Å². The summed E-state index contributed by atoms with van der Waals surface area (Å²) >= 11 is 5.50. The van der Waals surface area contributed by atoms with Gasteiger partial charge >= 0.3 is 6.18 Å². The van der Waals surface area contributed by atoms with Gasteiger partial charge in [0.1, 0.15) is 11.8 Å². The zero-order chi connectivity index (χ0) is 23.2. The molecule has 1 saturated heterocycles. The molecule has 2 aromatic rings. The Morgan fingerprint density at radius 1 is 1.22 bits per heavy atom. The van der Waals surface area contributed by atoms with E-state index < -0.39 is 23.3 Å². The first-order valence-corrected chi connectivity index (χ1v) is 10.5. The van der Waals surface area contributed by atoms with Crippen molar-refractivity contribution in [1.29, 1.82) is 5.26 Å². The molecule has 1 unspecified atom stereocenters. The number of carbonyl (C=O) groups excluding carboxylic acids is 1. The van der Waals surface area contributed by atoms with Gasteiger partial charge in [0.2, 0.25) is 0 Å². The van der Waals surface area contributed by atoms with Gasteiger partial charge in [-0.25, -0.2) is 0 Å². The summed E-state index contributed by atoms with van der Waals surface area (Å²) < 4.78 is 46.0. The van der Waals surface area contributed by atoms with E-state index >= 15 is 0 Å². The molecule has 2 aliphatic heterocycles. The fraction of sp³-hybridized carbons (Fsp3) is 0.348. The topological polar surface area (TPSA) is 56.6 Å². The van der Waals surface area contributed by atoms with E-state index in [1.165, 1.54) is 6.07 Å². The number of amides is 1. The Bertz CT molecular complexity index is 1140. The van der Waals surface area contributed by atoms with Crippen LogP contribution in [0.4, 0.5) is 18.9 Å². The van der Waals surface area contributed by atoms with E-state index in [4.69, 9.17) is 22.2 Å². The van der Waals surface area contributed by atoms with Gasteiger partial charge in [-0.05, 0) is 59.6 Å². The van der Waals surface area contributed by atoms with E-state index in [0.717, 1.165) is 33.9 Å². The first-order valence-electron chi connectivity index (χ1n) is 10.1. The molecule has 2 heterocycles. The minimum atomic E-state index is -4.72. The average molecular weight is 459 g/mol. The summed E-state index contributed by atoms with van der Waals surface area (Å²) in [5.41, 5.74) is 0.365. The molecule has 0 spiro atoms. The monoisotopic (exact) mass is 459 g/mol. The van der Waals surface area contributed by atoms with Crippen molar-refractivity contribution in [2.24, 2.45) is 5.92 Å². The summed E-state index contributed by atoms with van der Waals surface area (Å²) in [4.78, 5) is 16.0. The van der Waals surface area contributed by atoms with Crippen molar-refractivity contribution in [3.63, 3.8) is 0 Å². The lowest BCUT2D eigenvalue weighted by Crippen LogP contribution is -2.39. The van der Waals surface area contributed by atoms with Gasteiger partial charge in [-0.15, -0.1) is 0 Å². The molecule has 0 N–H and O–H groups in total. The second kappa shape index (κ2) is 8.10. The minimum Gasteiger partial charge on any atom is -0.493 e. The molecule has 4 rings (SSSR count). The Kier molecular flexibility index (Phi) is 5.59. The maximum atomic E-state index is 13.4. The van der Waals surface area contributed by atoms with Gasteiger partial charge in [-0.2, -0.15) is 18.4 Å². The Balaban J connectivity index is 1.63. The number of anilines is 1. The molecule has 0 saturated carbocycles. The van der Waals surface area contributed by atoms with E-state index in [2.05, 4.69) is 13.8 Å². The van der Waals surface area contributed by atoms with Gasteiger partial charge in [-0.1, -0.05) is 19.9 Å². The number of fused-ring (bicyclic) bond motifs is 2. The van der Waals surface area contributed by atoms with Crippen LogP contribution in [-0.4, -0.2) is 28.6 Å². The summed E-state index contributed by atoms with van der Waals surface area (Å²) in [6, 6.07) is 9.88. The van der Waals surface area contributed by atoms with Crippen molar-refractivity contribution in [2.45, 2.75) is 39.0 Å². The Morgan fingerprint density at radius 2 is 1.97 bits per heavy atom. The van der Waals surface area contributed by atoms with Gasteiger partial charge in [0, 0.05) is 13.0 Å². The van der Waals surface area contributed by atoms with Crippen molar-refractivity contribution < 1.29 is 22.7 Å². The van der Waals surface area contributed by atoms with Gasteiger partial charge in [0.05, 0.1) is 29.5 Å². The van der Waals surface area contributed by atoms with Gasteiger partial charge in [0.25, 0.3) is 5.91 Å². The molecule has 2 aromatic carbocycles. The molecule has 5 nitrogen and oxygen atoms in total. The zero-order valence-electron chi connectivity index (χ0n) is 17.4. The predicted octanol–water partition coefficient (Wildman–Crippen LogP) is 4.67. The van der Waals surface area contributed by atoms with Crippen molar-refractivity contribution in [1.82, 2.24) is 4.90 Å². The zero-order valence-corrected chi connectivity index (χ0v) is 18.3. The summed E-state index contributed by atoms with van der Waals surface area (Å²) in [6.07, 6.45) is -4.32. The number of alkyl halides is 3. The number of ether oxygens (including phenoxy) is 1. The third-order valence-electron chi connectivity index (χ3n) is 5.52. The number of nitriles is 1. The lowest BCUT2D eigenvalue weighted by atomic mass is 9.94. The minimum absolute atomic E-state index is 0.00531. The number of carbonyl (C=O) groups is 1. The summed E-state index contributed by atoms with van der Waals surface area (Å²) in [6.45, 7) is 5.05. The van der Waals surface area contributed by atoms with Crippen LogP contribution in [0, 0.1) is 17.2 Å². The molecule has 1 amide bonds. The second-order valence-corrected chi connectivity index (χ2v) is 8.64. The van der Waals surface area contributed by atoms with Crippen LogP contribution < -0.4 is 9.64 Å². The summed E-state index contributed by atoms with van der Waals surface area (Å²) in [5.74, 6) is 0.728. The maximum absolute atomic E-state index is 13.4. The number of rotatable bonds is 4. The predicted molar refractivity (Wildman–Crippen MR) is 116 cm³/mol. The van der Waals surface area contributed by atoms with Crippen LogP contribution in [0.1, 0.15) is 36.1 Å². The lowest BCUT2D eigenvalue weighted by molar-refractivity contribution is -0.137. The quantitative estimate of drug-likeness (QED) is 0.622. The van der Waals surface area contributed by atoms with Crippen molar-refractivity contribution in [2.75, 3.05) is 11.5 Å². The van der Waals surface area contributed by atoms with Crippen molar-refractivity contribution in [3.8, 4) is 11.8 Å². The number of benzene rings is 2. The summed E-state index contributed by atoms with van der Waals surface area (Å²) in [5, 5.41) is 9.18. The smallest absolute Gasteiger partial charge is 0.417 e. The van der Waals surface area contributed by atoms with Crippen LogP contribution in [0.2, 0.25) is 0 Å². The van der Waals surface area contributed by atoms with E-state index in [-0.39, 0.29) is 16.7 Å². The fourth-order valence-electron chi connectivity index (χ4n) is 3.95. The molecule has 1 fully saturated rings. The van der Waals surface area contributed by atoms with E-state index in [1.807, 2.05) is 18.2 Å². The third kappa shape index (κ3) is 3.91. The molecule has 166 valence electrons. The van der Waals surface area contributed by atoms with Gasteiger partial charge in [0.15, 0.2) is 5.11 Å². The van der Waals surface area contributed by atoms with Gasteiger partial charge in [-0.3, -0.25) is 9.69 Å². The number of hydrogen-bond donors (Lipinski definition) is 0. The normalized spacial score (nSPS) is 18.0. The molecule has 2 aliphatic rings. The molecular weight excluding hydrogens is 439 g/mol. The van der Waals surface area contributed by atoms with Crippen molar-refractivity contribution >= 4 is 28.9 Å². The molecule has 0 radical (unpaired) electrons. The Hall–Kier alpha value is -3.12. The van der Waals surface area contributed by atoms with Crippen LogP contribution in [0.15, 0.2) is 36.4 Å². The number of nitrogens with zero attached hydrogens (tertiary/aromatic N) is 3. The standard InChI is InChI=1S/C23H20F3N3O2S/c1-13(2)12-31-18-6-4-14-8-20-21(30)29(22(32)28(20)11-16(14)7-18)17-5-3-15(10-27)19(9-17)23(24,25)26/h3-7,9,13,20H,8,11-12H2,1-2H3. The molecule has 0 bridgehead atoms. The SMILES string of the molecule is CC(C)COc1ccc2c(c1)CN1C(=S)N(c3ccc(C#N)c(C(F)(F)F)c3)C(=O)C1C2. The van der Waals surface area contributed by atoms with Crippen LogP contribution in [0.25, 0.3) is 0 Å². The van der Waals surface area contributed by atoms with Crippen molar-refractivity contribution in [3.05, 3.63) is 58.7 Å². The fourth-order valence-corrected chi connectivity index (χ4v) is 4.34. The largest absolute Gasteiger partial charge is 0.493 e. The van der Waals surface area contributed by atoms with Gasteiger partial charge < -0.3 is 9.64 Å². The first kappa shape index (κ1) is 22.1. The highest BCUT2D eigenvalue weighted by Crippen LogP contribution is 2.38. The van der Waals surface area contributed by atoms with Crippen LogP contribution in [-0.2, 0) is 23.9 Å². The highest BCUT2D eigenvalue weighted by atomic mass is 32.1. The molecule has 0 aliphatic carbocycles. The third-order valence-corrected chi connectivity index (χ3v) is 5.94. The number of hydrogen-bond acceptors (Lipinski definition) is 4. The first-order chi connectivity index (χ1) is 15.1. The second-order valence-electron chi connectivity index (χ2n) is 8.28.